The van der Waals surface area contributed by atoms with Crippen molar-refractivity contribution in [3.63, 3.8) is 0 Å². The van der Waals surface area contributed by atoms with Gasteiger partial charge in [0.05, 0.1) is 5.66 Å². The van der Waals surface area contributed by atoms with Gasteiger partial charge >= 0.3 is 0 Å². The minimum absolute atomic E-state index is 0.472. The zero-order valence-electron chi connectivity index (χ0n) is 3.62. The van der Waals surface area contributed by atoms with Crippen LogP contribution >= 0.6 is 0 Å². The third-order valence-corrected chi connectivity index (χ3v) is 1.69. The predicted octanol–water partition coefficient (Wildman–Crippen LogP) is -0.0256. The summed E-state index contributed by atoms with van der Waals surface area (Å²) in [6, 6.07) is 0. The monoisotopic (exact) mass is 84.1 g/mol. The molecule has 1 saturated heterocycles. The Morgan fingerprint density at radius 3 is 1.83 bits per heavy atom. The first-order chi connectivity index (χ1) is 2.91. The van der Waals surface area contributed by atoms with Crippen molar-refractivity contribution in [2.75, 3.05) is 0 Å². The van der Waals surface area contributed by atoms with Crippen molar-refractivity contribution in [3.8, 4) is 0 Å². The lowest BCUT2D eigenvalue weighted by atomic mass is 9.90. The molecule has 1 aliphatic carbocycles. The van der Waals surface area contributed by atoms with E-state index in [0.29, 0.717) is 5.66 Å². The number of hydrazine groups is 1. The molecule has 2 N–H and O–H groups in total. The maximum absolute atomic E-state index is 3.10. The summed E-state index contributed by atoms with van der Waals surface area (Å²) < 4.78 is 0. The van der Waals surface area contributed by atoms with Crippen LogP contribution in [0.5, 0.6) is 0 Å². The first-order valence-corrected chi connectivity index (χ1v) is 2.46. The molecule has 0 radical (unpaired) electrons. The van der Waals surface area contributed by atoms with Crippen molar-refractivity contribution >= 4 is 0 Å². The van der Waals surface area contributed by atoms with Gasteiger partial charge in [0.2, 0.25) is 0 Å². The van der Waals surface area contributed by atoms with E-state index in [1.54, 1.807) is 0 Å². The Morgan fingerprint density at radius 1 is 1.17 bits per heavy atom. The van der Waals surface area contributed by atoms with Crippen LogP contribution in [0, 0.1) is 0 Å². The molecular formula is C4H8N2. The van der Waals surface area contributed by atoms with E-state index in [2.05, 4.69) is 10.9 Å². The highest BCUT2D eigenvalue weighted by molar-refractivity contribution is 5.00. The zero-order chi connectivity index (χ0) is 4.04. The van der Waals surface area contributed by atoms with Crippen LogP contribution in [-0.2, 0) is 0 Å². The topological polar surface area (TPSA) is 43.9 Å². The van der Waals surface area contributed by atoms with Gasteiger partial charge < -0.3 is 0 Å². The highest BCUT2D eigenvalue weighted by atomic mass is 15.7. The normalized spacial score (nSPS) is 36.0. The molecule has 0 atom stereocenters. The average molecular weight is 84.1 g/mol. The summed E-state index contributed by atoms with van der Waals surface area (Å²) in [5.74, 6) is 0. The fourth-order valence-electron chi connectivity index (χ4n) is 0.869. The van der Waals surface area contributed by atoms with E-state index in [9.17, 15) is 0 Å². The second-order valence-corrected chi connectivity index (χ2v) is 2.19. The summed E-state index contributed by atoms with van der Waals surface area (Å²) in [5.41, 5.74) is 6.67. The molecule has 0 aromatic rings. The Morgan fingerprint density at radius 2 is 1.83 bits per heavy atom. The molecule has 6 heavy (non-hydrogen) atoms. The fourth-order valence-corrected chi connectivity index (χ4v) is 0.869. The third-order valence-electron chi connectivity index (χ3n) is 1.69. The minimum Gasteiger partial charge on any atom is -0.235 e. The summed E-state index contributed by atoms with van der Waals surface area (Å²) in [5, 5.41) is 0. The van der Waals surface area contributed by atoms with Gasteiger partial charge in [-0.2, -0.15) is 0 Å². The summed E-state index contributed by atoms with van der Waals surface area (Å²) in [7, 11) is 0. The van der Waals surface area contributed by atoms with Crippen LogP contribution in [-0.4, -0.2) is 5.66 Å². The van der Waals surface area contributed by atoms with Crippen molar-refractivity contribution in [2.24, 2.45) is 0 Å². The molecule has 2 heteroatoms. The Balaban J connectivity index is 2.09. The second kappa shape index (κ2) is 0.634. The number of hydrogen-bond donors (Lipinski definition) is 2. The molecule has 1 aliphatic heterocycles. The Bertz CT molecular complexity index is 69.6. The standard InChI is InChI=1S/C4H8N2/c1-2-4(3-1)5-6-4/h5-6H,1-3H2. The number of hydrogen-bond acceptors (Lipinski definition) is 2. The molecule has 1 saturated carbocycles. The number of rotatable bonds is 0. The van der Waals surface area contributed by atoms with Crippen molar-refractivity contribution in [1.29, 1.82) is 0 Å². The van der Waals surface area contributed by atoms with Gasteiger partial charge in [-0.25, -0.2) is 10.9 Å². The quantitative estimate of drug-likeness (QED) is 0.405. The summed E-state index contributed by atoms with van der Waals surface area (Å²) in [6.45, 7) is 0. The van der Waals surface area contributed by atoms with E-state index in [4.69, 9.17) is 0 Å². The van der Waals surface area contributed by atoms with Gasteiger partial charge in [0.1, 0.15) is 0 Å². The van der Waals surface area contributed by atoms with Gasteiger partial charge in [0, 0.05) is 0 Å². The van der Waals surface area contributed by atoms with Gasteiger partial charge in [-0.15, -0.1) is 0 Å². The molecule has 2 nitrogen and oxygen atoms in total. The van der Waals surface area contributed by atoms with E-state index < -0.39 is 0 Å². The molecule has 2 fully saturated rings. The maximum atomic E-state index is 3.10. The molecule has 0 aromatic carbocycles. The molecule has 2 rings (SSSR count). The predicted molar refractivity (Wildman–Crippen MR) is 22.9 cm³/mol. The molecule has 0 bridgehead atoms. The summed E-state index contributed by atoms with van der Waals surface area (Å²) in [6.07, 6.45) is 4.08. The van der Waals surface area contributed by atoms with Gasteiger partial charge in [0.15, 0.2) is 0 Å². The lowest BCUT2D eigenvalue weighted by Crippen LogP contribution is -2.26. The van der Waals surface area contributed by atoms with Crippen molar-refractivity contribution < 1.29 is 0 Å². The first kappa shape index (κ1) is 2.99. The van der Waals surface area contributed by atoms with E-state index >= 15 is 0 Å². The zero-order valence-corrected chi connectivity index (χ0v) is 3.62. The average Bonchev–Trinajstić information content (AvgIpc) is 2.02. The molecule has 0 aromatic heterocycles. The SMILES string of the molecule is C1CC2(C1)NN2. The lowest BCUT2D eigenvalue weighted by Gasteiger charge is -2.19. The van der Waals surface area contributed by atoms with Crippen molar-refractivity contribution in [3.05, 3.63) is 0 Å². The van der Waals surface area contributed by atoms with Gasteiger partial charge in [-0.3, -0.25) is 0 Å². The van der Waals surface area contributed by atoms with E-state index in [0.717, 1.165) is 0 Å². The van der Waals surface area contributed by atoms with Crippen LogP contribution in [0.2, 0.25) is 0 Å². The van der Waals surface area contributed by atoms with Gasteiger partial charge in [-0.05, 0) is 19.3 Å². The largest absolute Gasteiger partial charge is 0.235 e. The molecule has 0 amide bonds. The molecule has 1 heterocycles. The second-order valence-electron chi connectivity index (χ2n) is 2.19. The van der Waals surface area contributed by atoms with E-state index in [1.165, 1.54) is 19.3 Å². The Hall–Kier alpha value is -0.0800. The Labute approximate surface area is 36.9 Å². The third kappa shape index (κ3) is 0.200. The van der Waals surface area contributed by atoms with Crippen LogP contribution in [0.4, 0.5) is 0 Å². The van der Waals surface area contributed by atoms with Crippen LogP contribution in [0.3, 0.4) is 0 Å². The highest BCUT2D eigenvalue weighted by Gasteiger charge is 2.46. The van der Waals surface area contributed by atoms with Crippen molar-refractivity contribution in [1.82, 2.24) is 10.9 Å². The van der Waals surface area contributed by atoms with Crippen LogP contribution in [0.1, 0.15) is 19.3 Å². The Kier molecular flexibility index (Phi) is 0.316. The van der Waals surface area contributed by atoms with Crippen molar-refractivity contribution in [2.45, 2.75) is 24.9 Å². The van der Waals surface area contributed by atoms with Crippen LogP contribution in [0.15, 0.2) is 0 Å². The molecular weight excluding hydrogens is 76.1 g/mol. The molecule has 1 spiro atoms. The lowest BCUT2D eigenvalue weighted by molar-refractivity contribution is 0.363. The first-order valence-electron chi connectivity index (χ1n) is 2.46. The van der Waals surface area contributed by atoms with E-state index in [-0.39, 0.29) is 0 Å². The smallest absolute Gasteiger partial charge is 0.0943 e. The highest BCUT2D eigenvalue weighted by Crippen LogP contribution is 2.34. The van der Waals surface area contributed by atoms with E-state index in [1.807, 2.05) is 0 Å². The molecule has 2 aliphatic rings. The van der Waals surface area contributed by atoms with Gasteiger partial charge in [0.25, 0.3) is 0 Å². The van der Waals surface area contributed by atoms with Crippen LogP contribution < -0.4 is 10.9 Å². The molecule has 0 unspecified atom stereocenters. The minimum atomic E-state index is 0.472. The van der Waals surface area contributed by atoms with Crippen LogP contribution in [0.25, 0.3) is 0 Å². The van der Waals surface area contributed by atoms with Gasteiger partial charge in [-0.1, -0.05) is 0 Å². The summed E-state index contributed by atoms with van der Waals surface area (Å²) in [4.78, 5) is 0. The number of nitrogens with one attached hydrogen (secondary N) is 2. The maximum Gasteiger partial charge on any atom is 0.0943 e. The summed E-state index contributed by atoms with van der Waals surface area (Å²) >= 11 is 0. The fraction of sp³-hybridized carbons (Fsp3) is 1.00. The molecule has 34 valence electrons.